The minimum Gasteiger partial charge on any atom is -0.296 e. The van der Waals surface area contributed by atoms with E-state index >= 15 is 0 Å². The van der Waals surface area contributed by atoms with Gasteiger partial charge in [0.25, 0.3) is 11.5 Å². The fourth-order valence-corrected chi connectivity index (χ4v) is 4.43. The molecule has 0 saturated heterocycles. The van der Waals surface area contributed by atoms with Crippen molar-refractivity contribution in [2.75, 3.05) is 5.32 Å². The van der Waals surface area contributed by atoms with Gasteiger partial charge in [-0.1, -0.05) is 54.1 Å². The number of fused-ring (bicyclic) bond motifs is 1. The average Bonchev–Trinajstić information content (AvgIpc) is 3.29. The Kier molecular flexibility index (Phi) is 5.32. The van der Waals surface area contributed by atoms with Crippen LogP contribution in [0.15, 0.2) is 83.0 Å². The first-order valence-electron chi connectivity index (χ1n) is 10.4. The molecule has 0 saturated carbocycles. The number of nitrogens with one attached hydrogen (secondary N) is 1. The predicted octanol–water partition coefficient (Wildman–Crippen LogP) is 5.38. The minimum atomic E-state index is -0.419. The van der Waals surface area contributed by atoms with Gasteiger partial charge < -0.3 is 0 Å². The van der Waals surface area contributed by atoms with E-state index in [1.54, 1.807) is 36.4 Å². The smallest absolute Gasteiger partial charge is 0.279 e. The van der Waals surface area contributed by atoms with Crippen LogP contribution in [0.2, 0.25) is 0 Å². The highest BCUT2D eigenvalue weighted by molar-refractivity contribution is 7.14. The lowest BCUT2D eigenvalue weighted by Gasteiger charge is -2.10. The van der Waals surface area contributed by atoms with Crippen molar-refractivity contribution in [2.24, 2.45) is 0 Å². The molecule has 6 nitrogen and oxygen atoms in total. The predicted molar refractivity (Wildman–Crippen MR) is 132 cm³/mol. The maximum absolute atomic E-state index is 13.3. The zero-order chi connectivity index (χ0) is 22.9. The van der Waals surface area contributed by atoms with Crippen molar-refractivity contribution in [3.05, 3.63) is 105 Å². The van der Waals surface area contributed by atoms with Crippen LogP contribution < -0.4 is 10.9 Å². The van der Waals surface area contributed by atoms with Crippen molar-refractivity contribution < 1.29 is 4.79 Å². The van der Waals surface area contributed by atoms with Gasteiger partial charge >= 0.3 is 0 Å². The summed E-state index contributed by atoms with van der Waals surface area (Å²) in [5.41, 5.74) is 4.59. The van der Waals surface area contributed by atoms with Gasteiger partial charge in [0.15, 0.2) is 10.8 Å². The van der Waals surface area contributed by atoms with Gasteiger partial charge in [-0.25, -0.2) is 4.98 Å². The standard InChI is InChI=1S/C26H20N4O2S/c1-16-12-13-17(2)21(14-16)22-15-33-26(27-22)28-24(31)23-19-10-6-7-11-20(19)25(32)30(29-23)18-8-4-3-5-9-18/h3-15H,1-2H3,(H,27,28,31). The summed E-state index contributed by atoms with van der Waals surface area (Å²) < 4.78 is 1.26. The molecule has 2 aromatic heterocycles. The molecule has 162 valence electrons. The monoisotopic (exact) mass is 452 g/mol. The molecule has 3 aromatic carbocycles. The van der Waals surface area contributed by atoms with E-state index in [4.69, 9.17) is 0 Å². The summed E-state index contributed by atoms with van der Waals surface area (Å²) in [5, 5.41) is 10.6. The SMILES string of the molecule is Cc1ccc(C)c(-c2csc(NC(=O)c3nn(-c4ccccc4)c(=O)c4ccccc34)n2)c1. The topological polar surface area (TPSA) is 76.9 Å². The number of aromatic nitrogens is 3. The largest absolute Gasteiger partial charge is 0.296 e. The molecule has 0 aliphatic heterocycles. The Morgan fingerprint density at radius 1 is 0.939 bits per heavy atom. The van der Waals surface area contributed by atoms with Crippen LogP contribution >= 0.6 is 11.3 Å². The summed E-state index contributed by atoms with van der Waals surface area (Å²) in [5.74, 6) is -0.419. The summed E-state index contributed by atoms with van der Waals surface area (Å²) >= 11 is 1.35. The Hall–Kier alpha value is -4.10. The number of anilines is 1. The van der Waals surface area contributed by atoms with Gasteiger partial charge in [0.05, 0.1) is 16.8 Å². The van der Waals surface area contributed by atoms with E-state index in [0.717, 1.165) is 22.4 Å². The second kappa shape index (κ2) is 8.44. The molecule has 1 amide bonds. The van der Waals surface area contributed by atoms with Crippen LogP contribution in [-0.4, -0.2) is 20.7 Å². The van der Waals surface area contributed by atoms with Gasteiger partial charge in [-0.2, -0.15) is 9.78 Å². The van der Waals surface area contributed by atoms with Crippen molar-refractivity contribution in [1.82, 2.24) is 14.8 Å². The zero-order valence-electron chi connectivity index (χ0n) is 18.1. The Bertz CT molecular complexity index is 1550. The highest BCUT2D eigenvalue weighted by atomic mass is 32.1. The van der Waals surface area contributed by atoms with E-state index in [1.165, 1.54) is 16.0 Å². The van der Waals surface area contributed by atoms with E-state index in [9.17, 15) is 9.59 Å². The Balaban J connectivity index is 1.54. The normalized spacial score (nSPS) is 11.0. The summed E-state index contributed by atoms with van der Waals surface area (Å²) in [6.45, 7) is 4.08. The van der Waals surface area contributed by atoms with Gasteiger partial charge in [0.1, 0.15) is 0 Å². The summed E-state index contributed by atoms with van der Waals surface area (Å²) in [7, 11) is 0. The number of aryl methyl sites for hydroxylation is 2. The third kappa shape index (κ3) is 3.94. The molecule has 2 heterocycles. The number of thiazole rings is 1. The van der Waals surface area contributed by atoms with Crippen LogP contribution in [0, 0.1) is 13.8 Å². The van der Waals surface area contributed by atoms with Crippen LogP contribution in [0.4, 0.5) is 5.13 Å². The van der Waals surface area contributed by atoms with Crippen LogP contribution in [0.25, 0.3) is 27.7 Å². The molecule has 5 aromatic rings. The molecule has 0 aliphatic rings. The molecule has 1 N–H and O–H groups in total. The lowest BCUT2D eigenvalue weighted by molar-refractivity contribution is 0.102. The van der Waals surface area contributed by atoms with Gasteiger partial charge in [0, 0.05) is 16.3 Å². The van der Waals surface area contributed by atoms with E-state index in [1.807, 2.05) is 37.4 Å². The molecule has 0 aliphatic carbocycles. The number of nitrogens with zero attached hydrogens (tertiary/aromatic N) is 3. The second-order valence-electron chi connectivity index (χ2n) is 7.76. The molecular weight excluding hydrogens is 432 g/mol. The van der Waals surface area contributed by atoms with E-state index < -0.39 is 5.91 Å². The lowest BCUT2D eigenvalue weighted by Crippen LogP contribution is -2.26. The Morgan fingerprint density at radius 2 is 1.67 bits per heavy atom. The summed E-state index contributed by atoms with van der Waals surface area (Å²) in [4.78, 5) is 30.9. The molecular formula is C26H20N4O2S. The van der Waals surface area contributed by atoms with Gasteiger partial charge in [-0.05, 0) is 43.7 Å². The molecule has 0 spiro atoms. The number of carbonyl (C=O) groups excluding carboxylic acids is 1. The number of carbonyl (C=O) groups is 1. The lowest BCUT2D eigenvalue weighted by atomic mass is 10.0. The van der Waals surface area contributed by atoms with Gasteiger partial charge in [0.2, 0.25) is 0 Å². The number of hydrogen-bond donors (Lipinski definition) is 1. The van der Waals surface area contributed by atoms with E-state index in [2.05, 4.69) is 33.6 Å². The average molecular weight is 453 g/mol. The quantitative estimate of drug-likeness (QED) is 0.397. The first kappa shape index (κ1) is 20.8. The molecule has 0 fully saturated rings. The number of hydrogen-bond acceptors (Lipinski definition) is 5. The fraction of sp³-hybridized carbons (Fsp3) is 0.0769. The third-order valence-electron chi connectivity index (χ3n) is 5.41. The Morgan fingerprint density at radius 3 is 2.45 bits per heavy atom. The van der Waals surface area contributed by atoms with Crippen molar-refractivity contribution in [3.8, 4) is 16.9 Å². The van der Waals surface area contributed by atoms with Crippen LogP contribution in [0.1, 0.15) is 21.6 Å². The number of amides is 1. The van der Waals surface area contributed by atoms with E-state index in [-0.39, 0.29) is 11.3 Å². The summed E-state index contributed by atoms with van der Waals surface area (Å²) in [6, 6.07) is 22.3. The zero-order valence-corrected chi connectivity index (χ0v) is 18.9. The molecule has 7 heteroatoms. The molecule has 0 bridgehead atoms. The first-order valence-corrected chi connectivity index (χ1v) is 11.3. The second-order valence-corrected chi connectivity index (χ2v) is 8.62. The number of rotatable bonds is 4. The highest BCUT2D eigenvalue weighted by Crippen LogP contribution is 2.28. The maximum Gasteiger partial charge on any atom is 0.279 e. The van der Waals surface area contributed by atoms with Gasteiger partial charge in [-0.3, -0.25) is 14.9 Å². The molecule has 0 radical (unpaired) electrons. The Labute approximate surface area is 194 Å². The van der Waals surface area contributed by atoms with Crippen molar-refractivity contribution in [1.29, 1.82) is 0 Å². The van der Waals surface area contributed by atoms with E-state index in [0.29, 0.717) is 21.6 Å². The number of para-hydroxylation sites is 1. The number of benzene rings is 3. The fourth-order valence-electron chi connectivity index (χ4n) is 3.72. The van der Waals surface area contributed by atoms with Gasteiger partial charge in [-0.15, -0.1) is 11.3 Å². The summed E-state index contributed by atoms with van der Waals surface area (Å²) in [6.07, 6.45) is 0. The maximum atomic E-state index is 13.3. The molecule has 33 heavy (non-hydrogen) atoms. The molecule has 0 unspecified atom stereocenters. The van der Waals surface area contributed by atoms with Crippen LogP contribution in [0.5, 0.6) is 0 Å². The van der Waals surface area contributed by atoms with Crippen LogP contribution in [-0.2, 0) is 0 Å². The van der Waals surface area contributed by atoms with Crippen molar-refractivity contribution in [3.63, 3.8) is 0 Å². The van der Waals surface area contributed by atoms with Crippen molar-refractivity contribution >= 4 is 33.1 Å². The molecule has 0 atom stereocenters. The first-order chi connectivity index (χ1) is 16.0. The molecule has 5 rings (SSSR count). The van der Waals surface area contributed by atoms with Crippen molar-refractivity contribution in [2.45, 2.75) is 13.8 Å². The van der Waals surface area contributed by atoms with Crippen LogP contribution in [0.3, 0.4) is 0 Å². The third-order valence-corrected chi connectivity index (χ3v) is 6.17. The minimum absolute atomic E-state index is 0.164. The highest BCUT2D eigenvalue weighted by Gasteiger charge is 2.19.